The quantitative estimate of drug-likeness (QED) is 0.810. The van der Waals surface area contributed by atoms with Crippen LogP contribution >= 0.6 is 27.3 Å². The standard InChI is InChI=1S/C11H14BrNS/c1-3-5-10(4-2)13-7-9-6-11(12)14-8-9/h1,6,8,10,13H,4-5,7H2,2H3. The van der Waals surface area contributed by atoms with E-state index < -0.39 is 0 Å². The predicted molar refractivity (Wildman–Crippen MR) is 66.4 cm³/mol. The van der Waals surface area contributed by atoms with Gasteiger partial charge in [-0.25, -0.2) is 0 Å². The Morgan fingerprint density at radius 2 is 2.50 bits per heavy atom. The van der Waals surface area contributed by atoms with Crippen molar-refractivity contribution in [1.29, 1.82) is 0 Å². The topological polar surface area (TPSA) is 12.0 Å². The molecule has 0 amide bonds. The summed E-state index contributed by atoms with van der Waals surface area (Å²) in [7, 11) is 0. The van der Waals surface area contributed by atoms with Crippen LogP contribution in [0.2, 0.25) is 0 Å². The second-order valence-corrected chi connectivity index (χ2v) is 5.44. The van der Waals surface area contributed by atoms with E-state index in [-0.39, 0.29) is 0 Å². The van der Waals surface area contributed by atoms with Gasteiger partial charge in [-0.1, -0.05) is 6.92 Å². The highest BCUT2D eigenvalue weighted by atomic mass is 79.9. The first-order chi connectivity index (χ1) is 6.76. The molecule has 0 fully saturated rings. The Morgan fingerprint density at radius 1 is 1.71 bits per heavy atom. The summed E-state index contributed by atoms with van der Waals surface area (Å²) in [5.41, 5.74) is 1.32. The second-order valence-electron chi connectivity index (χ2n) is 3.15. The third-order valence-electron chi connectivity index (χ3n) is 2.07. The summed E-state index contributed by atoms with van der Waals surface area (Å²) in [5.74, 6) is 2.69. The Balaban J connectivity index is 2.36. The Morgan fingerprint density at radius 3 is 3.00 bits per heavy atom. The Hall–Kier alpha value is -0.300. The fourth-order valence-corrected chi connectivity index (χ4v) is 2.41. The van der Waals surface area contributed by atoms with E-state index in [1.54, 1.807) is 11.3 Å². The van der Waals surface area contributed by atoms with Crippen LogP contribution in [0.25, 0.3) is 0 Å². The molecule has 1 aromatic heterocycles. The van der Waals surface area contributed by atoms with Gasteiger partial charge in [0.25, 0.3) is 0 Å². The molecule has 1 N–H and O–H groups in total. The lowest BCUT2D eigenvalue weighted by Crippen LogP contribution is -2.27. The van der Waals surface area contributed by atoms with Crippen molar-refractivity contribution in [2.24, 2.45) is 0 Å². The minimum absolute atomic E-state index is 0.443. The molecule has 0 radical (unpaired) electrons. The highest BCUT2D eigenvalue weighted by molar-refractivity contribution is 9.11. The number of hydrogen-bond donors (Lipinski definition) is 1. The van der Waals surface area contributed by atoms with Gasteiger partial charge < -0.3 is 5.32 Å². The van der Waals surface area contributed by atoms with E-state index in [1.807, 2.05) is 0 Å². The minimum Gasteiger partial charge on any atom is -0.309 e. The van der Waals surface area contributed by atoms with E-state index in [9.17, 15) is 0 Å². The van der Waals surface area contributed by atoms with Crippen LogP contribution in [0, 0.1) is 12.3 Å². The highest BCUT2D eigenvalue weighted by Gasteiger charge is 2.04. The molecule has 3 heteroatoms. The van der Waals surface area contributed by atoms with E-state index in [0.717, 1.165) is 19.4 Å². The van der Waals surface area contributed by atoms with E-state index in [2.05, 4.69) is 45.5 Å². The number of thiophene rings is 1. The first kappa shape index (κ1) is 11.8. The van der Waals surface area contributed by atoms with Gasteiger partial charge in [-0.3, -0.25) is 0 Å². The molecule has 0 saturated carbocycles. The molecular weight excluding hydrogens is 258 g/mol. The van der Waals surface area contributed by atoms with Gasteiger partial charge in [0.05, 0.1) is 3.79 Å². The van der Waals surface area contributed by atoms with Crippen molar-refractivity contribution >= 4 is 27.3 Å². The second kappa shape index (κ2) is 6.23. The van der Waals surface area contributed by atoms with E-state index >= 15 is 0 Å². The van der Waals surface area contributed by atoms with E-state index in [4.69, 9.17) is 6.42 Å². The molecule has 1 aromatic rings. The van der Waals surface area contributed by atoms with Crippen LogP contribution in [0.3, 0.4) is 0 Å². The summed E-state index contributed by atoms with van der Waals surface area (Å²) < 4.78 is 1.18. The van der Waals surface area contributed by atoms with Crippen molar-refractivity contribution in [3.8, 4) is 12.3 Å². The fraction of sp³-hybridized carbons (Fsp3) is 0.455. The summed E-state index contributed by atoms with van der Waals surface area (Å²) in [5, 5.41) is 5.60. The van der Waals surface area contributed by atoms with Gasteiger partial charge in [0.2, 0.25) is 0 Å². The van der Waals surface area contributed by atoms with Crippen LogP contribution in [0.5, 0.6) is 0 Å². The van der Waals surface area contributed by atoms with Gasteiger partial charge in [0.15, 0.2) is 0 Å². The molecule has 1 nitrogen and oxygen atoms in total. The van der Waals surface area contributed by atoms with Crippen molar-refractivity contribution in [3.63, 3.8) is 0 Å². The SMILES string of the molecule is C#CCC(CC)NCc1csc(Br)c1. The Labute approximate surface area is 98.0 Å². The van der Waals surface area contributed by atoms with Crippen molar-refractivity contribution in [2.45, 2.75) is 32.4 Å². The predicted octanol–water partition coefficient (Wildman–Crippen LogP) is 3.40. The molecule has 1 unspecified atom stereocenters. The van der Waals surface area contributed by atoms with Crippen LogP contribution in [0.15, 0.2) is 15.2 Å². The molecule has 0 aliphatic rings. The number of terminal acetylenes is 1. The van der Waals surface area contributed by atoms with Gasteiger partial charge in [-0.05, 0) is 39.4 Å². The molecule has 0 bridgehead atoms. The smallest absolute Gasteiger partial charge is 0.0701 e. The molecule has 1 rings (SSSR count). The first-order valence-corrected chi connectivity index (χ1v) is 6.33. The zero-order valence-electron chi connectivity index (χ0n) is 8.22. The molecule has 0 saturated heterocycles. The Bertz CT molecular complexity index is 313. The van der Waals surface area contributed by atoms with Gasteiger partial charge in [-0.15, -0.1) is 23.7 Å². The highest BCUT2D eigenvalue weighted by Crippen LogP contribution is 2.20. The summed E-state index contributed by atoms with van der Waals surface area (Å²) >= 11 is 5.16. The van der Waals surface area contributed by atoms with Crippen molar-refractivity contribution < 1.29 is 0 Å². The normalized spacial score (nSPS) is 12.4. The lowest BCUT2D eigenvalue weighted by Gasteiger charge is -2.12. The maximum atomic E-state index is 5.28. The monoisotopic (exact) mass is 271 g/mol. The van der Waals surface area contributed by atoms with Crippen LogP contribution in [0.1, 0.15) is 25.3 Å². The van der Waals surface area contributed by atoms with Gasteiger partial charge >= 0.3 is 0 Å². The number of hydrogen-bond acceptors (Lipinski definition) is 2. The first-order valence-electron chi connectivity index (χ1n) is 4.66. The van der Waals surface area contributed by atoms with Gasteiger partial charge in [-0.2, -0.15) is 0 Å². The fourth-order valence-electron chi connectivity index (χ4n) is 1.20. The van der Waals surface area contributed by atoms with E-state index in [0.29, 0.717) is 6.04 Å². The molecule has 0 aliphatic heterocycles. The van der Waals surface area contributed by atoms with Crippen molar-refractivity contribution in [3.05, 3.63) is 20.8 Å². The average Bonchev–Trinajstić information content (AvgIpc) is 2.59. The van der Waals surface area contributed by atoms with Gasteiger partial charge in [0, 0.05) is 19.0 Å². The third-order valence-corrected chi connectivity index (χ3v) is 3.63. The molecule has 1 heterocycles. The lowest BCUT2D eigenvalue weighted by atomic mass is 10.1. The maximum Gasteiger partial charge on any atom is 0.0701 e. The largest absolute Gasteiger partial charge is 0.309 e. The molecule has 76 valence electrons. The van der Waals surface area contributed by atoms with Crippen molar-refractivity contribution in [2.75, 3.05) is 0 Å². The van der Waals surface area contributed by atoms with Gasteiger partial charge in [0.1, 0.15) is 0 Å². The summed E-state index contributed by atoms with van der Waals surface area (Å²) in [6.45, 7) is 3.06. The third kappa shape index (κ3) is 3.83. The maximum absolute atomic E-state index is 5.28. The number of halogens is 1. The summed E-state index contributed by atoms with van der Waals surface area (Å²) in [6, 6.07) is 2.58. The molecule has 14 heavy (non-hydrogen) atoms. The van der Waals surface area contributed by atoms with Crippen LogP contribution in [-0.4, -0.2) is 6.04 Å². The number of nitrogens with one attached hydrogen (secondary N) is 1. The lowest BCUT2D eigenvalue weighted by molar-refractivity contribution is 0.507. The minimum atomic E-state index is 0.443. The Kier molecular flexibility index (Phi) is 5.24. The number of rotatable bonds is 5. The van der Waals surface area contributed by atoms with E-state index in [1.165, 1.54) is 9.35 Å². The van der Waals surface area contributed by atoms with Crippen LogP contribution < -0.4 is 5.32 Å². The van der Waals surface area contributed by atoms with Crippen molar-refractivity contribution in [1.82, 2.24) is 5.32 Å². The van der Waals surface area contributed by atoms with Crippen LogP contribution in [-0.2, 0) is 6.54 Å². The molecule has 0 spiro atoms. The molecule has 0 aromatic carbocycles. The summed E-state index contributed by atoms with van der Waals surface area (Å²) in [6.07, 6.45) is 7.17. The zero-order chi connectivity index (χ0) is 10.4. The molecular formula is C11H14BrNS. The molecule has 1 atom stereocenters. The summed E-state index contributed by atoms with van der Waals surface area (Å²) in [4.78, 5) is 0. The van der Waals surface area contributed by atoms with Crippen LogP contribution in [0.4, 0.5) is 0 Å². The average molecular weight is 272 g/mol. The molecule has 0 aliphatic carbocycles. The zero-order valence-corrected chi connectivity index (χ0v) is 10.6.